The Kier molecular flexibility index (Phi) is 4.79. The number of hydrogen-bond acceptors (Lipinski definition) is 3. The molecule has 0 unspecified atom stereocenters. The van der Waals surface area contributed by atoms with Gasteiger partial charge >= 0.3 is 0 Å². The van der Waals surface area contributed by atoms with Crippen molar-refractivity contribution >= 4 is 5.91 Å². The predicted molar refractivity (Wildman–Crippen MR) is 80.3 cm³/mol. The maximum absolute atomic E-state index is 12.3. The molecule has 1 aliphatic heterocycles. The average molecular weight is 274 g/mol. The van der Waals surface area contributed by atoms with E-state index in [1.807, 2.05) is 18.2 Å². The number of rotatable bonds is 5. The Labute approximate surface area is 120 Å². The maximum Gasteiger partial charge on any atom is 0.251 e. The van der Waals surface area contributed by atoms with Crippen LogP contribution in [0.5, 0.6) is 5.75 Å². The number of amides is 1. The number of hydrogen-bond donors (Lipinski definition) is 1. The zero-order valence-corrected chi connectivity index (χ0v) is 12.2. The van der Waals surface area contributed by atoms with Crippen LogP contribution in [0.4, 0.5) is 0 Å². The summed E-state index contributed by atoms with van der Waals surface area (Å²) in [4.78, 5) is 14.5. The van der Waals surface area contributed by atoms with Crippen molar-refractivity contribution in [1.29, 1.82) is 0 Å². The van der Waals surface area contributed by atoms with Gasteiger partial charge in [-0.15, -0.1) is 6.58 Å². The van der Waals surface area contributed by atoms with Gasteiger partial charge in [-0.05, 0) is 50.2 Å². The van der Waals surface area contributed by atoms with Crippen LogP contribution in [0.3, 0.4) is 0 Å². The fourth-order valence-electron chi connectivity index (χ4n) is 2.56. The number of likely N-dealkylation sites (N-methyl/N-ethyl adjacent to an activating group) is 1. The van der Waals surface area contributed by atoms with E-state index in [9.17, 15) is 4.79 Å². The highest BCUT2D eigenvalue weighted by Gasteiger charge is 2.21. The highest BCUT2D eigenvalue weighted by Crippen LogP contribution is 2.21. The molecule has 1 fully saturated rings. The number of benzene rings is 1. The number of likely N-dealkylation sites (tertiary alicyclic amines) is 1. The Hall–Kier alpha value is -1.81. The zero-order chi connectivity index (χ0) is 14.5. The van der Waals surface area contributed by atoms with Gasteiger partial charge in [0.15, 0.2) is 0 Å². The summed E-state index contributed by atoms with van der Waals surface area (Å²) in [5, 5.41) is 3.09. The van der Waals surface area contributed by atoms with Crippen LogP contribution in [0.15, 0.2) is 30.9 Å². The van der Waals surface area contributed by atoms with Crippen molar-refractivity contribution in [2.45, 2.75) is 18.9 Å². The van der Waals surface area contributed by atoms with Crippen molar-refractivity contribution in [2.24, 2.45) is 0 Å². The number of methoxy groups -OCH3 is 1. The van der Waals surface area contributed by atoms with Gasteiger partial charge in [-0.3, -0.25) is 4.79 Å². The molecule has 1 aliphatic rings. The van der Waals surface area contributed by atoms with Crippen LogP contribution in [0, 0.1) is 0 Å². The lowest BCUT2D eigenvalue weighted by atomic mass is 10.1. The number of ether oxygens (including phenoxy) is 1. The van der Waals surface area contributed by atoms with Crippen molar-refractivity contribution < 1.29 is 9.53 Å². The largest absolute Gasteiger partial charge is 0.496 e. The molecule has 1 aromatic rings. The summed E-state index contributed by atoms with van der Waals surface area (Å²) < 4.78 is 5.29. The summed E-state index contributed by atoms with van der Waals surface area (Å²) in [5.41, 5.74) is 1.66. The monoisotopic (exact) mass is 274 g/mol. The highest BCUT2D eigenvalue weighted by molar-refractivity contribution is 5.94. The van der Waals surface area contributed by atoms with Crippen molar-refractivity contribution in [1.82, 2.24) is 10.2 Å². The van der Waals surface area contributed by atoms with E-state index in [1.165, 1.54) is 0 Å². The van der Waals surface area contributed by atoms with Gasteiger partial charge in [0.1, 0.15) is 5.75 Å². The second kappa shape index (κ2) is 6.57. The first-order valence-electron chi connectivity index (χ1n) is 6.91. The molecular formula is C16H22N2O2. The van der Waals surface area contributed by atoms with E-state index in [0.29, 0.717) is 12.0 Å². The Morgan fingerprint density at radius 3 is 3.00 bits per heavy atom. The van der Waals surface area contributed by atoms with Gasteiger partial charge in [0.25, 0.3) is 5.91 Å². The van der Waals surface area contributed by atoms with Crippen LogP contribution >= 0.6 is 0 Å². The molecule has 108 valence electrons. The molecule has 1 N–H and O–H groups in total. The Balaban J connectivity index is 2.09. The van der Waals surface area contributed by atoms with E-state index < -0.39 is 0 Å². The molecule has 20 heavy (non-hydrogen) atoms. The van der Waals surface area contributed by atoms with Crippen LogP contribution in [0.1, 0.15) is 22.3 Å². The third-order valence-corrected chi connectivity index (χ3v) is 3.63. The maximum atomic E-state index is 12.3. The van der Waals surface area contributed by atoms with E-state index in [2.05, 4.69) is 23.8 Å². The first-order chi connectivity index (χ1) is 9.63. The molecule has 0 bridgehead atoms. The number of carbonyl (C=O) groups excluding carboxylic acids is 1. The van der Waals surface area contributed by atoms with Gasteiger partial charge < -0.3 is 15.0 Å². The minimum absolute atomic E-state index is 0.0155. The van der Waals surface area contributed by atoms with E-state index in [4.69, 9.17) is 4.74 Å². The van der Waals surface area contributed by atoms with Gasteiger partial charge in [-0.25, -0.2) is 0 Å². The molecule has 1 atom stereocenters. The lowest BCUT2D eigenvalue weighted by Crippen LogP contribution is -2.36. The lowest BCUT2D eigenvalue weighted by molar-refractivity contribution is 0.0938. The second-order valence-electron chi connectivity index (χ2n) is 5.24. The van der Waals surface area contributed by atoms with Gasteiger partial charge in [-0.1, -0.05) is 6.08 Å². The van der Waals surface area contributed by atoms with Crippen molar-refractivity contribution in [3.05, 3.63) is 42.0 Å². The Morgan fingerprint density at radius 2 is 2.40 bits per heavy atom. The predicted octanol–water partition coefficient (Wildman–Crippen LogP) is 1.86. The van der Waals surface area contributed by atoms with Crippen molar-refractivity contribution in [2.75, 3.05) is 27.2 Å². The fourth-order valence-corrected chi connectivity index (χ4v) is 2.56. The van der Waals surface area contributed by atoms with E-state index in [-0.39, 0.29) is 11.9 Å². The minimum Gasteiger partial charge on any atom is -0.496 e. The topological polar surface area (TPSA) is 41.6 Å². The molecule has 0 radical (unpaired) electrons. The zero-order valence-electron chi connectivity index (χ0n) is 12.2. The summed E-state index contributed by atoms with van der Waals surface area (Å²) >= 11 is 0. The van der Waals surface area contributed by atoms with Crippen LogP contribution in [-0.4, -0.2) is 44.1 Å². The Bertz CT molecular complexity index is 499. The van der Waals surface area contributed by atoms with E-state index in [1.54, 1.807) is 13.2 Å². The van der Waals surface area contributed by atoms with Gasteiger partial charge in [0.2, 0.25) is 0 Å². The third kappa shape index (κ3) is 3.39. The van der Waals surface area contributed by atoms with Crippen LogP contribution in [0.25, 0.3) is 0 Å². The molecule has 0 aliphatic carbocycles. The molecule has 4 nitrogen and oxygen atoms in total. The molecule has 1 saturated heterocycles. The average Bonchev–Trinajstić information content (AvgIpc) is 2.84. The standard InChI is InChI=1S/C16H22N2O2/c1-4-5-12-10-13(6-7-15(12)20-3)16(19)17-14-8-9-18(2)11-14/h4,6-7,10,14H,1,5,8-9,11H2,2-3H3,(H,17,19)/t14-/m0/s1. The first-order valence-corrected chi connectivity index (χ1v) is 6.91. The molecule has 1 heterocycles. The SMILES string of the molecule is C=CCc1cc(C(=O)N[C@H]2CCN(C)C2)ccc1OC. The molecule has 4 heteroatoms. The Morgan fingerprint density at radius 1 is 1.60 bits per heavy atom. The molecule has 0 spiro atoms. The van der Waals surface area contributed by atoms with Gasteiger partial charge in [0.05, 0.1) is 7.11 Å². The summed E-state index contributed by atoms with van der Waals surface area (Å²) in [5.74, 6) is 0.778. The van der Waals surface area contributed by atoms with E-state index >= 15 is 0 Å². The van der Waals surface area contributed by atoms with E-state index in [0.717, 1.165) is 30.8 Å². The summed E-state index contributed by atoms with van der Waals surface area (Å²) in [6.07, 6.45) is 3.51. The van der Waals surface area contributed by atoms with Crippen molar-refractivity contribution in [3.63, 3.8) is 0 Å². The number of nitrogens with zero attached hydrogens (tertiary/aromatic N) is 1. The molecule has 1 amide bonds. The summed E-state index contributed by atoms with van der Waals surface area (Å²) in [6.45, 7) is 5.69. The first kappa shape index (κ1) is 14.6. The molecular weight excluding hydrogens is 252 g/mol. The van der Waals surface area contributed by atoms with Crippen molar-refractivity contribution in [3.8, 4) is 5.75 Å². The quantitative estimate of drug-likeness (QED) is 0.833. The number of nitrogens with one attached hydrogen (secondary N) is 1. The van der Waals surface area contributed by atoms with Gasteiger partial charge in [-0.2, -0.15) is 0 Å². The second-order valence-corrected chi connectivity index (χ2v) is 5.24. The van der Waals surface area contributed by atoms with Crippen LogP contribution in [-0.2, 0) is 6.42 Å². The normalized spacial score (nSPS) is 18.8. The summed E-state index contributed by atoms with van der Waals surface area (Å²) in [6, 6.07) is 5.78. The number of allylic oxidation sites excluding steroid dienone is 1. The fraction of sp³-hybridized carbons (Fsp3) is 0.438. The van der Waals surface area contributed by atoms with Gasteiger partial charge in [0, 0.05) is 18.2 Å². The number of carbonyl (C=O) groups is 1. The molecule has 0 aromatic heterocycles. The minimum atomic E-state index is -0.0155. The lowest BCUT2D eigenvalue weighted by Gasteiger charge is -2.14. The summed E-state index contributed by atoms with van der Waals surface area (Å²) in [7, 11) is 3.71. The third-order valence-electron chi connectivity index (χ3n) is 3.63. The smallest absolute Gasteiger partial charge is 0.251 e. The van der Waals surface area contributed by atoms with Crippen LogP contribution in [0.2, 0.25) is 0 Å². The molecule has 1 aromatic carbocycles. The molecule has 0 saturated carbocycles. The van der Waals surface area contributed by atoms with Crippen LogP contribution < -0.4 is 10.1 Å². The molecule has 2 rings (SSSR count). The highest BCUT2D eigenvalue weighted by atomic mass is 16.5.